The van der Waals surface area contributed by atoms with Crippen molar-refractivity contribution < 1.29 is 33.6 Å². The Hall–Kier alpha value is -1.60. The molecule has 1 rings (SSSR count). The van der Waals surface area contributed by atoms with Crippen LogP contribution in [0.2, 0.25) is 0 Å². The summed E-state index contributed by atoms with van der Waals surface area (Å²) < 4.78 is 14.3. The van der Waals surface area contributed by atoms with Gasteiger partial charge in [-0.1, -0.05) is 19.9 Å². The molecule has 0 aliphatic carbocycles. The molecule has 1 aliphatic heterocycles. The predicted molar refractivity (Wildman–Crippen MR) is 58.0 cm³/mol. The molecule has 18 heavy (non-hydrogen) atoms. The minimum Gasteiger partial charge on any atom is -0.434 e. The summed E-state index contributed by atoms with van der Waals surface area (Å²) in [5, 5.41) is 0. The summed E-state index contributed by atoms with van der Waals surface area (Å²) in [7, 11) is 0. The Kier molecular flexibility index (Phi) is 5.11. The van der Waals surface area contributed by atoms with E-state index in [1.54, 1.807) is 0 Å². The van der Waals surface area contributed by atoms with Crippen molar-refractivity contribution in [1.82, 2.24) is 0 Å². The van der Waals surface area contributed by atoms with E-state index in [0.29, 0.717) is 6.42 Å². The van der Waals surface area contributed by atoms with Gasteiger partial charge in [-0.25, -0.2) is 14.5 Å². The van der Waals surface area contributed by atoms with Gasteiger partial charge in [-0.05, 0) is 13.3 Å². The van der Waals surface area contributed by atoms with Crippen LogP contribution in [0.25, 0.3) is 0 Å². The largest absolute Gasteiger partial charge is 0.513 e. The summed E-state index contributed by atoms with van der Waals surface area (Å²) in [6.07, 6.45) is 0.606. The van der Waals surface area contributed by atoms with E-state index in [4.69, 9.17) is 14.2 Å². The van der Waals surface area contributed by atoms with Crippen LogP contribution in [0.4, 0.5) is 4.79 Å². The van der Waals surface area contributed by atoms with E-state index >= 15 is 0 Å². The molecule has 0 amide bonds. The third-order valence-electron chi connectivity index (χ3n) is 1.97. The first-order valence-electron chi connectivity index (χ1n) is 5.54. The molecule has 7 nitrogen and oxygen atoms in total. The third-order valence-corrected chi connectivity index (χ3v) is 1.97. The molecule has 0 saturated carbocycles. The standard InChI is InChI=1S/C11H16O7/c1-4-5-6-14-10(13)17-11(7-15-18-11)16-9(12)8(2)3/h2,4-7H2,1,3H3. The Morgan fingerprint density at radius 2 is 2.06 bits per heavy atom. The molecule has 102 valence electrons. The van der Waals surface area contributed by atoms with Gasteiger partial charge in [-0.2, -0.15) is 0 Å². The normalized spacial score (nSPS) is 21.7. The Labute approximate surface area is 105 Å². The number of carbonyl (C=O) groups is 2. The average Bonchev–Trinajstić information content (AvgIpc) is 2.26. The molecule has 1 aliphatic rings. The van der Waals surface area contributed by atoms with Gasteiger partial charge in [0.15, 0.2) is 6.61 Å². The summed E-state index contributed by atoms with van der Waals surface area (Å²) in [5.74, 6) is -2.61. The van der Waals surface area contributed by atoms with Gasteiger partial charge in [-0.15, -0.1) is 4.89 Å². The zero-order valence-electron chi connectivity index (χ0n) is 10.4. The van der Waals surface area contributed by atoms with Gasteiger partial charge in [0.1, 0.15) is 0 Å². The van der Waals surface area contributed by atoms with E-state index in [1.165, 1.54) is 6.92 Å². The van der Waals surface area contributed by atoms with E-state index in [2.05, 4.69) is 16.4 Å². The molecule has 0 N–H and O–H groups in total. The SMILES string of the molecule is C=C(C)C(=O)OC1(OC(=O)OCCCC)COO1. The van der Waals surface area contributed by atoms with Crippen molar-refractivity contribution in [2.75, 3.05) is 13.2 Å². The van der Waals surface area contributed by atoms with Crippen molar-refractivity contribution in [3.63, 3.8) is 0 Å². The van der Waals surface area contributed by atoms with Crippen molar-refractivity contribution >= 4 is 12.1 Å². The van der Waals surface area contributed by atoms with Crippen LogP contribution >= 0.6 is 0 Å². The Balaban J connectivity index is 2.42. The zero-order chi connectivity index (χ0) is 13.6. The van der Waals surface area contributed by atoms with Crippen LogP contribution in [-0.2, 0) is 28.8 Å². The van der Waals surface area contributed by atoms with Gasteiger partial charge in [0.25, 0.3) is 0 Å². The lowest BCUT2D eigenvalue weighted by atomic mass is 10.3. The highest BCUT2D eigenvalue weighted by molar-refractivity contribution is 5.87. The highest BCUT2D eigenvalue weighted by Gasteiger charge is 2.51. The lowest BCUT2D eigenvalue weighted by Crippen LogP contribution is -2.54. The molecule has 0 radical (unpaired) electrons. The lowest BCUT2D eigenvalue weighted by molar-refractivity contribution is -0.586. The first-order chi connectivity index (χ1) is 8.49. The molecule has 1 fully saturated rings. The van der Waals surface area contributed by atoms with Gasteiger partial charge in [-0.3, -0.25) is 0 Å². The minimum atomic E-state index is -1.86. The van der Waals surface area contributed by atoms with Crippen LogP contribution in [0.15, 0.2) is 12.2 Å². The fraction of sp³-hybridized carbons (Fsp3) is 0.636. The molecule has 0 aromatic carbocycles. The minimum absolute atomic E-state index is 0.146. The highest BCUT2D eigenvalue weighted by Crippen LogP contribution is 2.27. The molecule has 0 aromatic heterocycles. The summed E-state index contributed by atoms with van der Waals surface area (Å²) >= 11 is 0. The number of unbranched alkanes of at least 4 members (excludes halogenated alkanes) is 1. The van der Waals surface area contributed by atoms with Crippen LogP contribution in [0, 0.1) is 0 Å². The van der Waals surface area contributed by atoms with Crippen molar-refractivity contribution in [2.24, 2.45) is 0 Å². The summed E-state index contributed by atoms with van der Waals surface area (Å²) in [6, 6.07) is 0. The molecular weight excluding hydrogens is 244 g/mol. The second-order valence-electron chi connectivity index (χ2n) is 3.75. The number of hydrogen-bond acceptors (Lipinski definition) is 7. The summed E-state index contributed by atoms with van der Waals surface area (Å²) in [5.41, 5.74) is 0.146. The molecular formula is C11H16O7. The molecule has 1 atom stereocenters. The molecule has 1 unspecified atom stereocenters. The smallest absolute Gasteiger partial charge is 0.434 e. The quantitative estimate of drug-likeness (QED) is 0.236. The first kappa shape index (κ1) is 14.5. The molecule has 1 saturated heterocycles. The van der Waals surface area contributed by atoms with Crippen LogP contribution in [0.5, 0.6) is 0 Å². The molecule has 7 heteroatoms. The zero-order valence-corrected chi connectivity index (χ0v) is 10.4. The van der Waals surface area contributed by atoms with E-state index < -0.39 is 18.1 Å². The van der Waals surface area contributed by atoms with Crippen molar-refractivity contribution in [3.8, 4) is 0 Å². The number of ether oxygens (including phenoxy) is 3. The lowest BCUT2D eigenvalue weighted by Gasteiger charge is -2.35. The van der Waals surface area contributed by atoms with Crippen LogP contribution < -0.4 is 0 Å². The topological polar surface area (TPSA) is 80.3 Å². The van der Waals surface area contributed by atoms with Gasteiger partial charge in [0.2, 0.25) is 0 Å². The molecule has 0 spiro atoms. The molecule has 0 aromatic rings. The summed E-state index contributed by atoms with van der Waals surface area (Å²) in [4.78, 5) is 31.5. The first-order valence-corrected chi connectivity index (χ1v) is 5.54. The number of carbonyl (C=O) groups excluding carboxylic acids is 2. The van der Waals surface area contributed by atoms with Crippen LogP contribution in [-0.4, -0.2) is 31.3 Å². The van der Waals surface area contributed by atoms with Crippen molar-refractivity contribution in [1.29, 1.82) is 0 Å². The second kappa shape index (κ2) is 6.36. The van der Waals surface area contributed by atoms with Crippen LogP contribution in [0.1, 0.15) is 26.7 Å². The number of esters is 1. The van der Waals surface area contributed by atoms with Gasteiger partial charge in [0, 0.05) is 5.57 Å². The van der Waals surface area contributed by atoms with E-state index in [0.717, 1.165) is 6.42 Å². The number of rotatable bonds is 6. The van der Waals surface area contributed by atoms with Crippen LogP contribution in [0.3, 0.4) is 0 Å². The van der Waals surface area contributed by atoms with Crippen molar-refractivity contribution in [3.05, 3.63) is 12.2 Å². The highest BCUT2D eigenvalue weighted by atomic mass is 17.3. The van der Waals surface area contributed by atoms with Gasteiger partial charge < -0.3 is 14.2 Å². The Morgan fingerprint density at radius 3 is 2.50 bits per heavy atom. The van der Waals surface area contributed by atoms with Crippen molar-refractivity contribution in [2.45, 2.75) is 32.7 Å². The Bertz CT molecular complexity index is 332. The fourth-order valence-corrected chi connectivity index (χ4v) is 0.954. The number of hydrogen-bond donors (Lipinski definition) is 0. The maximum Gasteiger partial charge on any atom is 0.513 e. The fourth-order valence-electron chi connectivity index (χ4n) is 0.954. The Morgan fingerprint density at radius 1 is 1.39 bits per heavy atom. The molecule has 0 bridgehead atoms. The van der Waals surface area contributed by atoms with E-state index in [-0.39, 0.29) is 18.8 Å². The van der Waals surface area contributed by atoms with Gasteiger partial charge in [0.05, 0.1) is 6.61 Å². The molecule has 1 heterocycles. The predicted octanol–water partition coefficient (Wildman–Crippen LogP) is 1.67. The van der Waals surface area contributed by atoms with E-state index in [1.807, 2.05) is 6.92 Å². The maximum absolute atomic E-state index is 11.3. The average molecular weight is 260 g/mol. The maximum atomic E-state index is 11.3. The monoisotopic (exact) mass is 260 g/mol. The van der Waals surface area contributed by atoms with Gasteiger partial charge >= 0.3 is 18.1 Å². The summed E-state index contributed by atoms with van der Waals surface area (Å²) in [6.45, 7) is 6.81. The second-order valence-corrected chi connectivity index (χ2v) is 3.75. The third kappa shape index (κ3) is 4.01. The van der Waals surface area contributed by atoms with E-state index in [9.17, 15) is 9.59 Å².